The summed E-state index contributed by atoms with van der Waals surface area (Å²) in [6, 6.07) is 13.9. The van der Waals surface area contributed by atoms with Crippen LogP contribution in [-0.2, 0) is 16.4 Å². The Hall–Kier alpha value is -1.21. The molecule has 2 rings (SSSR count). The van der Waals surface area contributed by atoms with Crippen molar-refractivity contribution in [3.63, 3.8) is 0 Å². The molecule has 0 saturated heterocycles. The summed E-state index contributed by atoms with van der Waals surface area (Å²) in [6.45, 7) is 8.34. The molecule has 0 aliphatic carbocycles. The first-order valence-corrected chi connectivity index (χ1v) is 10.6. The van der Waals surface area contributed by atoms with Crippen LogP contribution < -0.4 is 4.72 Å². The van der Waals surface area contributed by atoms with Crippen LogP contribution in [0.5, 0.6) is 0 Å². The van der Waals surface area contributed by atoms with Crippen molar-refractivity contribution in [3.8, 4) is 0 Å². The van der Waals surface area contributed by atoms with Crippen molar-refractivity contribution in [3.05, 3.63) is 52.9 Å². The number of hydrogen-bond acceptors (Lipinski definition) is 4. The minimum Gasteiger partial charge on any atom is -0.299 e. The molecule has 0 saturated carbocycles. The van der Waals surface area contributed by atoms with Gasteiger partial charge in [-0.1, -0.05) is 44.2 Å². The van der Waals surface area contributed by atoms with Crippen molar-refractivity contribution in [1.82, 2.24) is 9.62 Å². The summed E-state index contributed by atoms with van der Waals surface area (Å²) >= 11 is 1.31. The highest BCUT2D eigenvalue weighted by atomic mass is 32.2. The first-order valence-electron chi connectivity index (χ1n) is 8.30. The van der Waals surface area contributed by atoms with E-state index >= 15 is 0 Å². The fourth-order valence-electron chi connectivity index (χ4n) is 2.79. The van der Waals surface area contributed by atoms with Crippen molar-refractivity contribution >= 4 is 21.4 Å². The van der Waals surface area contributed by atoms with Crippen LogP contribution in [0.3, 0.4) is 0 Å². The molecule has 0 spiro atoms. The summed E-state index contributed by atoms with van der Waals surface area (Å²) in [5.41, 5.74) is 1.22. The lowest BCUT2D eigenvalue weighted by Crippen LogP contribution is -2.45. The number of nitrogens with one attached hydrogen (secondary N) is 1. The molecule has 2 aromatic rings. The van der Waals surface area contributed by atoms with E-state index in [1.54, 1.807) is 6.07 Å². The van der Waals surface area contributed by atoms with Crippen LogP contribution >= 0.6 is 11.3 Å². The molecule has 0 fully saturated rings. The maximum absolute atomic E-state index is 12.5. The molecule has 0 radical (unpaired) electrons. The van der Waals surface area contributed by atoms with Crippen molar-refractivity contribution < 1.29 is 8.42 Å². The van der Waals surface area contributed by atoms with E-state index < -0.39 is 10.0 Å². The van der Waals surface area contributed by atoms with E-state index in [9.17, 15) is 8.42 Å². The number of sulfonamides is 1. The summed E-state index contributed by atoms with van der Waals surface area (Å²) in [6.07, 6.45) is 0.828. The molecule has 0 bridgehead atoms. The SMILES string of the molecule is CCN(CC)C(CNS(=O)(=O)c1ccc(C)s1)Cc1ccccc1. The van der Waals surface area contributed by atoms with E-state index in [1.165, 1.54) is 16.9 Å². The summed E-state index contributed by atoms with van der Waals surface area (Å²) in [5, 5.41) is 0. The number of thiophene rings is 1. The fourth-order valence-corrected chi connectivity index (χ4v) is 5.19. The average molecular weight is 367 g/mol. The second-order valence-electron chi connectivity index (χ2n) is 5.78. The van der Waals surface area contributed by atoms with Gasteiger partial charge in [-0.3, -0.25) is 4.90 Å². The number of aryl methyl sites for hydroxylation is 1. The fraction of sp³-hybridized carbons (Fsp3) is 0.444. The number of benzene rings is 1. The average Bonchev–Trinajstić information content (AvgIpc) is 3.02. The van der Waals surface area contributed by atoms with E-state index in [4.69, 9.17) is 0 Å². The van der Waals surface area contributed by atoms with E-state index in [0.717, 1.165) is 24.4 Å². The number of hydrogen-bond donors (Lipinski definition) is 1. The van der Waals surface area contributed by atoms with Crippen LogP contribution in [0.2, 0.25) is 0 Å². The van der Waals surface area contributed by atoms with Crippen molar-refractivity contribution in [2.24, 2.45) is 0 Å². The molecule has 1 aromatic heterocycles. The molecule has 1 atom stereocenters. The van der Waals surface area contributed by atoms with Crippen molar-refractivity contribution in [2.45, 2.75) is 37.4 Å². The highest BCUT2D eigenvalue weighted by Crippen LogP contribution is 2.20. The Bertz CT molecular complexity index is 722. The van der Waals surface area contributed by atoms with Gasteiger partial charge in [-0.2, -0.15) is 0 Å². The molecule has 1 heterocycles. The van der Waals surface area contributed by atoms with Crippen molar-refractivity contribution in [1.29, 1.82) is 0 Å². The van der Waals surface area contributed by atoms with Crippen LogP contribution in [0.15, 0.2) is 46.7 Å². The van der Waals surface area contributed by atoms with Crippen LogP contribution in [0, 0.1) is 6.92 Å². The van der Waals surface area contributed by atoms with Gasteiger partial charge in [0.15, 0.2) is 0 Å². The van der Waals surface area contributed by atoms with Gasteiger partial charge in [0, 0.05) is 17.5 Å². The molecular weight excluding hydrogens is 340 g/mol. The molecule has 132 valence electrons. The van der Waals surface area contributed by atoms with Gasteiger partial charge in [-0.15, -0.1) is 11.3 Å². The predicted octanol–water partition coefficient (Wildman–Crippen LogP) is 3.29. The Morgan fingerprint density at radius 3 is 2.29 bits per heavy atom. The minimum absolute atomic E-state index is 0.137. The van der Waals surface area contributed by atoms with Crippen LogP contribution in [0.1, 0.15) is 24.3 Å². The molecule has 4 nitrogen and oxygen atoms in total. The molecule has 0 aliphatic heterocycles. The second kappa shape index (κ2) is 8.76. The van der Waals surface area contributed by atoms with Crippen molar-refractivity contribution in [2.75, 3.05) is 19.6 Å². The van der Waals surface area contributed by atoms with Gasteiger partial charge in [0.25, 0.3) is 0 Å². The quantitative estimate of drug-likeness (QED) is 0.741. The third-order valence-electron chi connectivity index (χ3n) is 4.13. The lowest BCUT2D eigenvalue weighted by atomic mass is 10.0. The normalized spacial score (nSPS) is 13.3. The van der Waals surface area contributed by atoms with Gasteiger partial charge in [0.05, 0.1) is 0 Å². The largest absolute Gasteiger partial charge is 0.299 e. The van der Waals surface area contributed by atoms with E-state index in [2.05, 4.69) is 35.6 Å². The maximum atomic E-state index is 12.5. The Labute approximate surface area is 149 Å². The second-order valence-corrected chi connectivity index (χ2v) is 9.06. The third kappa shape index (κ3) is 5.14. The molecule has 6 heteroatoms. The highest BCUT2D eigenvalue weighted by Gasteiger charge is 2.21. The van der Waals surface area contributed by atoms with Gasteiger partial charge in [0.1, 0.15) is 4.21 Å². The van der Waals surface area contributed by atoms with Gasteiger partial charge in [-0.05, 0) is 44.1 Å². The number of rotatable bonds is 9. The smallest absolute Gasteiger partial charge is 0.250 e. The maximum Gasteiger partial charge on any atom is 0.250 e. The summed E-state index contributed by atoms with van der Waals surface area (Å²) in [4.78, 5) is 3.30. The number of likely N-dealkylation sites (N-methyl/N-ethyl adjacent to an activating group) is 1. The van der Waals surface area contributed by atoms with E-state index in [-0.39, 0.29) is 6.04 Å². The van der Waals surface area contributed by atoms with Crippen LogP contribution in [0.25, 0.3) is 0 Å². The van der Waals surface area contributed by atoms with Gasteiger partial charge in [0.2, 0.25) is 10.0 Å². The topological polar surface area (TPSA) is 49.4 Å². The predicted molar refractivity (Wildman–Crippen MR) is 101 cm³/mol. The van der Waals surface area contributed by atoms with Gasteiger partial charge >= 0.3 is 0 Å². The molecule has 0 amide bonds. The third-order valence-corrected chi connectivity index (χ3v) is 7.05. The molecule has 24 heavy (non-hydrogen) atoms. The molecule has 1 N–H and O–H groups in total. The Morgan fingerprint density at radius 1 is 1.08 bits per heavy atom. The summed E-state index contributed by atoms with van der Waals surface area (Å²) < 4.78 is 28.2. The zero-order valence-corrected chi connectivity index (χ0v) is 16.2. The zero-order chi connectivity index (χ0) is 17.6. The van der Waals surface area contributed by atoms with Gasteiger partial charge in [-0.25, -0.2) is 13.1 Å². The Morgan fingerprint density at radius 2 is 1.75 bits per heavy atom. The summed E-state index contributed by atoms with van der Waals surface area (Å²) in [7, 11) is -3.43. The highest BCUT2D eigenvalue weighted by molar-refractivity contribution is 7.91. The first kappa shape index (κ1) is 19.1. The standard InChI is InChI=1S/C18H26N2O2S2/c1-4-20(5-2)17(13-16-9-7-6-8-10-16)14-19-24(21,22)18-12-11-15(3)23-18/h6-12,17,19H,4-5,13-14H2,1-3H3. The molecule has 0 aliphatic rings. The lowest BCUT2D eigenvalue weighted by Gasteiger charge is -2.30. The van der Waals surface area contributed by atoms with Gasteiger partial charge < -0.3 is 0 Å². The Balaban J connectivity index is 2.10. The van der Waals surface area contributed by atoms with Crippen LogP contribution in [-0.4, -0.2) is 39.0 Å². The number of nitrogens with zero attached hydrogens (tertiary/aromatic N) is 1. The molecular formula is C18H26N2O2S2. The monoisotopic (exact) mass is 366 g/mol. The Kier molecular flexibility index (Phi) is 6.98. The lowest BCUT2D eigenvalue weighted by molar-refractivity contribution is 0.216. The van der Waals surface area contributed by atoms with Crippen LogP contribution in [0.4, 0.5) is 0 Å². The van der Waals surface area contributed by atoms with E-state index in [0.29, 0.717) is 10.8 Å². The van der Waals surface area contributed by atoms with E-state index in [1.807, 2.05) is 31.2 Å². The summed E-state index contributed by atoms with van der Waals surface area (Å²) in [5.74, 6) is 0. The first-order chi connectivity index (χ1) is 11.5. The molecule has 1 unspecified atom stereocenters. The molecule has 1 aromatic carbocycles. The zero-order valence-electron chi connectivity index (χ0n) is 14.5. The minimum atomic E-state index is -3.43.